The zero-order chi connectivity index (χ0) is 13.7. The van der Waals surface area contributed by atoms with E-state index in [2.05, 4.69) is 24.1 Å². The van der Waals surface area contributed by atoms with Crippen molar-refractivity contribution in [2.75, 3.05) is 11.9 Å². The molecule has 0 unspecified atom stereocenters. The molecule has 0 radical (unpaired) electrons. The summed E-state index contributed by atoms with van der Waals surface area (Å²) in [6.07, 6.45) is 1.66. The fourth-order valence-corrected chi connectivity index (χ4v) is 1.94. The highest BCUT2D eigenvalue weighted by atomic mass is 32.1. The number of nitrogens with one attached hydrogen (secondary N) is 1. The average Bonchev–Trinajstić information content (AvgIpc) is 2.89. The van der Waals surface area contributed by atoms with E-state index < -0.39 is 0 Å². The van der Waals surface area contributed by atoms with Crippen LogP contribution >= 0.6 is 11.3 Å². The molecule has 1 N–H and O–H groups in total. The first-order valence-electron chi connectivity index (χ1n) is 6.09. The van der Waals surface area contributed by atoms with Crippen molar-refractivity contribution >= 4 is 22.4 Å². The highest BCUT2D eigenvalue weighted by molar-refractivity contribution is 7.13. The number of benzene rings is 1. The fraction of sp³-hybridized carbons (Fsp3) is 0.286. The Balaban J connectivity index is 1.96. The van der Waals surface area contributed by atoms with Gasteiger partial charge in [-0.2, -0.15) is 0 Å². The first-order chi connectivity index (χ1) is 9.15. The second-order valence-corrected chi connectivity index (χ2v) is 5.42. The summed E-state index contributed by atoms with van der Waals surface area (Å²) in [5.41, 5.74) is 0.590. The Labute approximate surface area is 116 Å². The van der Waals surface area contributed by atoms with Gasteiger partial charge in [0.25, 0.3) is 5.91 Å². The molecule has 100 valence electrons. The number of hydrogen-bond donors (Lipinski definition) is 1. The third-order valence-corrected chi connectivity index (χ3v) is 3.04. The number of ether oxygens (including phenoxy) is 1. The van der Waals surface area contributed by atoms with Crippen LogP contribution in [0.3, 0.4) is 0 Å². The minimum absolute atomic E-state index is 0.162. The first kappa shape index (κ1) is 13.5. The second kappa shape index (κ2) is 6.33. The SMILES string of the molecule is CC(C)COc1ccc(C(=O)Nc2nccs2)cc1. The van der Waals surface area contributed by atoms with Gasteiger partial charge in [0.05, 0.1) is 6.61 Å². The number of carbonyl (C=O) groups is 1. The van der Waals surface area contributed by atoms with E-state index in [1.807, 2.05) is 5.38 Å². The molecule has 0 fully saturated rings. The number of aromatic nitrogens is 1. The molecule has 0 spiro atoms. The quantitative estimate of drug-likeness (QED) is 0.910. The molecule has 0 saturated carbocycles. The number of rotatable bonds is 5. The average molecular weight is 276 g/mol. The molecule has 0 aliphatic rings. The molecule has 2 rings (SSSR count). The molecule has 0 aliphatic carbocycles. The molecule has 1 aromatic carbocycles. The topological polar surface area (TPSA) is 51.2 Å². The van der Waals surface area contributed by atoms with E-state index >= 15 is 0 Å². The van der Waals surface area contributed by atoms with Crippen molar-refractivity contribution in [1.82, 2.24) is 4.98 Å². The Morgan fingerprint density at radius 2 is 2.11 bits per heavy atom. The lowest BCUT2D eigenvalue weighted by molar-refractivity contribution is 0.102. The summed E-state index contributed by atoms with van der Waals surface area (Å²) in [6, 6.07) is 7.11. The van der Waals surface area contributed by atoms with Crippen molar-refractivity contribution in [2.45, 2.75) is 13.8 Å². The van der Waals surface area contributed by atoms with Gasteiger partial charge in [0.1, 0.15) is 5.75 Å². The summed E-state index contributed by atoms with van der Waals surface area (Å²) >= 11 is 1.39. The van der Waals surface area contributed by atoms with Crippen molar-refractivity contribution in [3.63, 3.8) is 0 Å². The third kappa shape index (κ3) is 4.06. The van der Waals surface area contributed by atoms with Crippen LogP contribution in [0.4, 0.5) is 5.13 Å². The maximum absolute atomic E-state index is 11.9. The van der Waals surface area contributed by atoms with Crippen LogP contribution in [0.15, 0.2) is 35.8 Å². The molecular weight excluding hydrogens is 260 g/mol. The highest BCUT2D eigenvalue weighted by Gasteiger charge is 2.07. The van der Waals surface area contributed by atoms with Gasteiger partial charge in [0, 0.05) is 17.1 Å². The van der Waals surface area contributed by atoms with E-state index in [0.717, 1.165) is 5.75 Å². The van der Waals surface area contributed by atoms with E-state index in [0.29, 0.717) is 23.2 Å². The number of nitrogens with zero attached hydrogens (tertiary/aromatic N) is 1. The molecular formula is C14H16N2O2S. The molecule has 1 heterocycles. The lowest BCUT2D eigenvalue weighted by atomic mass is 10.2. The third-order valence-electron chi connectivity index (χ3n) is 2.35. The molecule has 2 aromatic rings. The van der Waals surface area contributed by atoms with Gasteiger partial charge in [-0.25, -0.2) is 4.98 Å². The number of amides is 1. The van der Waals surface area contributed by atoms with E-state index in [1.165, 1.54) is 11.3 Å². The van der Waals surface area contributed by atoms with Crippen molar-refractivity contribution in [1.29, 1.82) is 0 Å². The summed E-state index contributed by atoms with van der Waals surface area (Å²) in [5, 5.41) is 5.16. The van der Waals surface area contributed by atoms with Crippen LogP contribution in [0.1, 0.15) is 24.2 Å². The van der Waals surface area contributed by atoms with Crippen molar-refractivity contribution in [3.05, 3.63) is 41.4 Å². The van der Waals surface area contributed by atoms with Crippen LogP contribution in [-0.2, 0) is 0 Å². The number of carbonyl (C=O) groups excluding carboxylic acids is 1. The Morgan fingerprint density at radius 3 is 2.68 bits per heavy atom. The first-order valence-corrected chi connectivity index (χ1v) is 6.97. The van der Waals surface area contributed by atoms with Crippen LogP contribution in [0, 0.1) is 5.92 Å². The van der Waals surface area contributed by atoms with Gasteiger partial charge in [-0.1, -0.05) is 13.8 Å². The van der Waals surface area contributed by atoms with Crippen molar-refractivity contribution in [2.24, 2.45) is 5.92 Å². The zero-order valence-electron chi connectivity index (χ0n) is 10.9. The Hall–Kier alpha value is -1.88. The van der Waals surface area contributed by atoms with Gasteiger partial charge in [0.2, 0.25) is 0 Å². The normalized spacial score (nSPS) is 10.5. The predicted octanol–water partition coefficient (Wildman–Crippen LogP) is 3.43. The maximum atomic E-state index is 11.9. The van der Waals surface area contributed by atoms with Gasteiger partial charge >= 0.3 is 0 Å². The molecule has 4 nitrogen and oxygen atoms in total. The van der Waals surface area contributed by atoms with E-state index in [-0.39, 0.29) is 5.91 Å². The second-order valence-electron chi connectivity index (χ2n) is 4.52. The zero-order valence-corrected chi connectivity index (χ0v) is 11.7. The smallest absolute Gasteiger partial charge is 0.257 e. The molecule has 0 saturated heterocycles. The van der Waals surface area contributed by atoms with Crippen LogP contribution in [-0.4, -0.2) is 17.5 Å². The van der Waals surface area contributed by atoms with Gasteiger partial charge < -0.3 is 4.74 Å². The Bertz CT molecular complexity index is 521. The van der Waals surface area contributed by atoms with Gasteiger partial charge in [-0.05, 0) is 30.2 Å². The highest BCUT2D eigenvalue weighted by Crippen LogP contribution is 2.16. The molecule has 0 aliphatic heterocycles. The number of hydrogen-bond acceptors (Lipinski definition) is 4. The minimum Gasteiger partial charge on any atom is -0.493 e. The van der Waals surface area contributed by atoms with E-state index in [1.54, 1.807) is 30.5 Å². The summed E-state index contributed by atoms with van der Waals surface area (Å²) in [4.78, 5) is 15.9. The van der Waals surface area contributed by atoms with Gasteiger partial charge in [0.15, 0.2) is 5.13 Å². The summed E-state index contributed by atoms with van der Waals surface area (Å²) < 4.78 is 5.57. The molecule has 0 atom stereocenters. The summed E-state index contributed by atoms with van der Waals surface area (Å²) in [6.45, 7) is 4.86. The minimum atomic E-state index is -0.162. The van der Waals surface area contributed by atoms with Gasteiger partial charge in [-0.3, -0.25) is 10.1 Å². The van der Waals surface area contributed by atoms with Crippen LogP contribution in [0.2, 0.25) is 0 Å². The van der Waals surface area contributed by atoms with Crippen LogP contribution in [0.5, 0.6) is 5.75 Å². The largest absolute Gasteiger partial charge is 0.493 e. The van der Waals surface area contributed by atoms with Gasteiger partial charge in [-0.15, -0.1) is 11.3 Å². The summed E-state index contributed by atoms with van der Waals surface area (Å²) in [5.74, 6) is 1.10. The lowest BCUT2D eigenvalue weighted by Crippen LogP contribution is -2.11. The molecule has 19 heavy (non-hydrogen) atoms. The monoisotopic (exact) mass is 276 g/mol. The standard InChI is InChI=1S/C14H16N2O2S/c1-10(2)9-18-12-5-3-11(4-6-12)13(17)16-14-15-7-8-19-14/h3-8,10H,9H2,1-2H3,(H,15,16,17). The molecule has 1 aromatic heterocycles. The maximum Gasteiger partial charge on any atom is 0.257 e. The Kier molecular flexibility index (Phi) is 4.52. The molecule has 1 amide bonds. The summed E-state index contributed by atoms with van der Waals surface area (Å²) in [7, 11) is 0. The number of thiazole rings is 1. The van der Waals surface area contributed by atoms with E-state index in [4.69, 9.17) is 4.74 Å². The Morgan fingerprint density at radius 1 is 1.37 bits per heavy atom. The number of anilines is 1. The van der Waals surface area contributed by atoms with Crippen LogP contribution in [0.25, 0.3) is 0 Å². The molecule has 0 bridgehead atoms. The lowest BCUT2D eigenvalue weighted by Gasteiger charge is -2.09. The van der Waals surface area contributed by atoms with Crippen molar-refractivity contribution in [3.8, 4) is 5.75 Å². The molecule has 5 heteroatoms. The van der Waals surface area contributed by atoms with Crippen LogP contribution < -0.4 is 10.1 Å². The fourth-order valence-electron chi connectivity index (χ4n) is 1.42. The van der Waals surface area contributed by atoms with E-state index in [9.17, 15) is 4.79 Å². The predicted molar refractivity (Wildman–Crippen MR) is 76.8 cm³/mol. The van der Waals surface area contributed by atoms with Crippen molar-refractivity contribution < 1.29 is 9.53 Å².